The van der Waals surface area contributed by atoms with Crippen LogP contribution >= 0.6 is 11.3 Å². The van der Waals surface area contributed by atoms with Crippen molar-refractivity contribution in [2.45, 2.75) is 31.8 Å². The number of ether oxygens (including phenoxy) is 2. The zero-order valence-electron chi connectivity index (χ0n) is 15.0. The summed E-state index contributed by atoms with van der Waals surface area (Å²) in [5.74, 6) is 0.773. The summed E-state index contributed by atoms with van der Waals surface area (Å²) in [4.78, 5) is 15.6. The molecular formula is C20H26N2O3S. The summed E-state index contributed by atoms with van der Waals surface area (Å²) in [6.45, 7) is 4.72. The van der Waals surface area contributed by atoms with E-state index in [0.717, 1.165) is 57.1 Å². The molecule has 4 rings (SSSR count). The fraction of sp³-hybridized carbons (Fsp3) is 0.550. The average Bonchev–Trinajstić information content (AvgIpc) is 3.37. The third-order valence-corrected chi connectivity index (χ3v) is 6.21. The van der Waals surface area contributed by atoms with Crippen LogP contribution in [-0.2, 0) is 16.0 Å². The first-order valence-corrected chi connectivity index (χ1v) is 10.3. The first kappa shape index (κ1) is 17.8. The van der Waals surface area contributed by atoms with Crippen LogP contribution in [-0.4, -0.2) is 48.3 Å². The maximum absolute atomic E-state index is 12.8. The molecule has 0 unspecified atom stereocenters. The number of amides is 1. The van der Waals surface area contributed by atoms with Gasteiger partial charge in [-0.2, -0.15) is 0 Å². The summed E-state index contributed by atoms with van der Waals surface area (Å²) in [7, 11) is 0. The van der Waals surface area contributed by atoms with Gasteiger partial charge in [0.2, 0.25) is 0 Å². The van der Waals surface area contributed by atoms with Crippen molar-refractivity contribution in [2.24, 2.45) is 5.92 Å². The summed E-state index contributed by atoms with van der Waals surface area (Å²) >= 11 is 1.51. The van der Waals surface area contributed by atoms with E-state index in [1.807, 2.05) is 22.4 Å². The molecule has 26 heavy (non-hydrogen) atoms. The Kier molecular flexibility index (Phi) is 5.72. The van der Waals surface area contributed by atoms with Crippen molar-refractivity contribution in [3.63, 3.8) is 0 Å². The van der Waals surface area contributed by atoms with Crippen LogP contribution < -0.4 is 0 Å². The van der Waals surface area contributed by atoms with E-state index < -0.39 is 0 Å². The summed E-state index contributed by atoms with van der Waals surface area (Å²) < 4.78 is 13.7. The highest BCUT2D eigenvalue weighted by molar-refractivity contribution is 7.12. The van der Waals surface area contributed by atoms with Gasteiger partial charge in [-0.1, -0.05) is 6.07 Å². The molecule has 0 aromatic carbocycles. The van der Waals surface area contributed by atoms with Gasteiger partial charge in [0.05, 0.1) is 17.5 Å². The van der Waals surface area contributed by atoms with Gasteiger partial charge in [-0.3, -0.25) is 4.79 Å². The van der Waals surface area contributed by atoms with E-state index in [2.05, 4.69) is 22.9 Å². The molecule has 6 heteroatoms. The molecule has 1 saturated heterocycles. The Morgan fingerprint density at radius 1 is 1.27 bits per heavy atom. The molecule has 0 N–H and O–H groups in total. The predicted molar refractivity (Wildman–Crippen MR) is 102 cm³/mol. The lowest BCUT2D eigenvalue weighted by Crippen LogP contribution is -2.40. The lowest BCUT2D eigenvalue weighted by Gasteiger charge is -2.35. The number of carbonyl (C=O) groups excluding carboxylic acids is 1. The molecule has 1 amide bonds. The minimum Gasteiger partial charge on any atom is -0.381 e. The SMILES string of the molecule is O=C(c1cccs1)N1Cc2cccn2[C@@H](CCOCC2CCOCC2)C1. The van der Waals surface area contributed by atoms with Gasteiger partial charge in [-0.15, -0.1) is 11.3 Å². The lowest BCUT2D eigenvalue weighted by molar-refractivity contribution is 0.0161. The van der Waals surface area contributed by atoms with Gasteiger partial charge in [0.1, 0.15) is 0 Å². The third-order valence-electron chi connectivity index (χ3n) is 5.35. The highest BCUT2D eigenvalue weighted by atomic mass is 32.1. The summed E-state index contributed by atoms with van der Waals surface area (Å²) in [6.07, 6.45) is 5.27. The number of rotatable bonds is 6. The second-order valence-electron chi connectivity index (χ2n) is 7.14. The highest BCUT2D eigenvalue weighted by Gasteiger charge is 2.28. The van der Waals surface area contributed by atoms with Crippen molar-refractivity contribution in [3.05, 3.63) is 46.4 Å². The maximum Gasteiger partial charge on any atom is 0.264 e. The molecule has 0 aliphatic carbocycles. The summed E-state index contributed by atoms with van der Waals surface area (Å²) in [6, 6.07) is 8.32. The molecule has 0 spiro atoms. The Morgan fingerprint density at radius 2 is 2.15 bits per heavy atom. The van der Waals surface area contributed by atoms with Crippen molar-refractivity contribution >= 4 is 17.2 Å². The van der Waals surface area contributed by atoms with Gasteiger partial charge in [-0.05, 0) is 48.8 Å². The highest BCUT2D eigenvalue weighted by Crippen LogP contribution is 2.27. The predicted octanol–water partition coefficient (Wildman–Crippen LogP) is 3.58. The summed E-state index contributed by atoms with van der Waals surface area (Å²) in [5, 5.41) is 1.96. The van der Waals surface area contributed by atoms with Crippen molar-refractivity contribution in [1.82, 2.24) is 9.47 Å². The van der Waals surface area contributed by atoms with Crippen molar-refractivity contribution in [1.29, 1.82) is 0 Å². The van der Waals surface area contributed by atoms with Gasteiger partial charge in [0, 0.05) is 44.9 Å². The molecule has 5 nitrogen and oxygen atoms in total. The van der Waals surface area contributed by atoms with Crippen LogP contribution in [0.3, 0.4) is 0 Å². The number of hydrogen-bond donors (Lipinski definition) is 0. The van der Waals surface area contributed by atoms with Crippen LogP contribution in [0.2, 0.25) is 0 Å². The van der Waals surface area contributed by atoms with Gasteiger partial charge >= 0.3 is 0 Å². The first-order chi connectivity index (χ1) is 12.8. The monoisotopic (exact) mass is 374 g/mol. The molecule has 0 bridgehead atoms. The Balaban J connectivity index is 1.33. The smallest absolute Gasteiger partial charge is 0.264 e. The zero-order valence-corrected chi connectivity index (χ0v) is 15.8. The Hall–Kier alpha value is -1.63. The molecular weight excluding hydrogens is 348 g/mol. The van der Waals surface area contributed by atoms with Crippen LogP contribution in [0.25, 0.3) is 0 Å². The number of fused-ring (bicyclic) bond motifs is 1. The molecule has 2 aromatic heterocycles. The topological polar surface area (TPSA) is 43.7 Å². The van der Waals surface area contributed by atoms with Gasteiger partial charge < -0.3 is 18.9 Å². The van der Waals surface area contributed by atoms with Crippen LogP contribution in [0, 0.1) is 5.92 Å². The third kappa shape index (κ3) is 4.03. The molecule has 0 radical (unpaired) electrons. The quantitative estimate of drug-likeness (QED) is 0.726. The second-order valence-corrected chi connectivity index (χ2v) is 8.09. The van der Waals surface area contributed by atoms with Crippen molar-refractivity contribution in [2.75, 3.05) is 33.0 Å². The zero-order chi connectivity index (χ0) is 17.8. The van der Waals surface area contributed by atoms with E-state index >= 15 is 0 Å². The first-order valence-electron chi connectivity index (χ1n) is 9.45. The summed E-state index contributed by atoms with van der Waals surface area (Å²) in [5.41, 5.74) is 1.20. The number of thiophene rings is 1. The fourth-order valence-corrected chi connectivity index (χ4v) is 4.54. The molecule has 140 valence electrons. The lowest BCUT2D eigenvalue weighted by atomic mass is 10.0. The molecule has 2 aromatic rings. The minimum atomic E-state index is 0.139. The van der Waals surface area contributed by atoms with E-state index in [-0.39, 0.29) is 11.9 Å². The molecule has 0 saturated carbocycles. The maximum atomic E-state index is 12.8. The average molecular weight is 375 g/mol. The van der Waals surface area contributed by atoms with Gasteiger partial charge in [-0.25, -0.2) is 0 Å². The van der Waals surface area contributed by atoms with Crippen molar-refractivity contribution < 1.29 is 14.3 Å². The molecule has 1 atom stereocenters. The second kappa shape index (κ2) is 8.37. The van der Waals surface area contributed by atoms with E-state index in [9.17, 15) is 4.79 Å². The normalized spacial score (nSPS) is 20.9. The van der Waals surface area contributed by atoms with E-state index in [4.69, 9.17) is 9.47 Å². The Bertz CT molecular complexity index is 706. The Morgan fingerprint density at radius 3 is 2.96 bits per heavy atom. The molecule has 2 aliphatic rings. The fourth-order valence-electron chi connectivity index (χ4n) is 3.85. The van der Waals surface area contributed by atoms with Crippen molar-refractivity contribution in [3.8, 4) is 0 Å². The van der Waals surface area contributed by atoms with Gasteiger partial charge in [0.15, 0.2) is 0 Å². The van der Waals surface area contributed by atoms with Crippen LogP contribution in [0.5, 0.6) is 0 Å². The van der Waals surface area contributed by atoms with E-state index in [1.165, 1.54) is 17.0 Å². The van der Waals surface area contributed by atoms with E-state index in [0.29, 0.717) is 12.5 Å². The largest absolute Gasteiger partial charge is 0.381 e. The number of hydrogen-bond acceptors (Lipinski definition) is 4. The number of nitrogens with zero attached hydrogens (tertiary/aromatic N) is 2. The van der Waals surface area contributed by atoms with Crippen LogP contribution in [0.15, 0.2) is 35.8 Å². The number of carbonyl (C=O) groups is 1. The Labute approximate surface area is 158 Å². The molecule has 1 fully saturated rings. The molecule has 2 aliphatic heterocycles. The number of aromatic nitrogens is 1. The molecule has 4 heterocycles. The minimum absolute atomic E-state index is 0.139. The standard InChI is InChI=1S/C20H26N2O3S/c23-20(19-4-2-12-26-19)21-13-17-3-1-8-22(17)18(14-21)7-11-25-15-16-5-9-24-10-6-16/h1-4,8,12,16,18H,5-7,9-11,13-15H2/t18-/m0/s1. The van der Waals surface area contributed by atoms with Gasteiger partial charge in [0.25, 0.3) is 5.91 Å². The van der Waals surface area contributed by atoms with Crippen LogP contribution in [0.4, 0.5) is 0 Å². The van der Waals surface area contributed by atoms with E-state index in [1.54, 1.807) is 0 Å². The van der Waals surface area contributed by atoms with Crippen LogP contribution in [0.1, 0.15) is 40.7 Å².